The minimum Gasteiger partial charge on any atom is -0.383 e. The predicted molar refractivity (Wildman–Crippen MR) is 91.3 cm³/mol. The van der Waals surface area contributed by atoms with Gasteiger partial charge < -0.3 is 10.1 Å². The zero-order valence-electron chi connectivity index (χ0n) is 13.0. The fraction of sp³-hybridized carbons (Fsp3) is 0.444. The van der Waals surface area contributed by atoms with Crippen molar-refractivity contribution in [2.45, 2.75) is 25.7 Å². The van der Waals surface area contributed by atoms with E-state index in [9.17, 15) is 0 Å². The number of ether oxygens (including phenoxy) is 1. The summed E-state index contributed by atoms with van der Waals surface area (Å²) in [5, 5.41) is 7.94. The molecule has 0 aliphatic heterocycles. The largest absolute Gasteiger partial charge is 0.383 e. The van der Waals surface area contributed by atoms with Crippen LogP contribution >= 0.6 is 11.3 Å². The molecule has 0 saturated carbocycles. The molecule has 1 heterocycles. The van der Waals surface area contributed by atoms with Crippen molar-refractivity contribution in [3.63, 3.8) is 0 Å². The third-order valence-corrected chi connectivity index (χ3v) is 4.60. The lowest BCUT2D eigenvalue weighted by Gasteiger charge is -2.20. The second kappa shape index (κ2) is 8.98. The number of hydrogen-bond donors (Lipinski definition) is 1. The molecule has 2 rings (SSSR count). The fourth-order valence-corrected chi connectivity index (χ4v) is 3.34. The summed E-state index contributed by atoms with van der Waals surface area (Å²) in [5.74, 6) is 0.558. The van der Waals surface area contributed by atoms with Crippen molar-refractivity contribution in [2.24, 2.45) is 0 Å². The molecule has 114 valence electrons. The van der Waals surface area contributed by atoms with Crippen LogP contribution in [0, 0.1) is 6.92 Å². The third-order valence-electron chi connectivity index (χ3n) is 3.86. The Bertz CT molecular complexity index is 510. The topological polar surface area (TPSA) is 21.3 Å². The number of benzene rings is 1. The summed E-state index contributed by atoms with van der Waals surface area (Å²) in [6.45, 7) is 4.91. The summed E-state index contributed by atoms with van der Waals surface area (Å²) in [5.41, 5.74) is 4.31. The van der Waals surface area contributed by atoms with Crippen LogP contribution in [0.4, 0.5) is 0 Å². The maximum Gasteiger partial charge on any atom is 0.0587 e. The molecule has 1 N–H and O–H groups in total. The van der Waals surface area contributed by atoms with Gasteiger partial charge in [-0.05, 0) is 59.2 Å². The van der Waals surface area contributed by atoms with Gasteiger partial charge in [0, 0.05) is 20.2 Å². The quantitative estimate of drug-likeness (QED) is 0.707. The molecule has 3 heteroatoms. The summed E-state index contributed by atoms with van der Waals surface area (Å²) in [6, 6.07) is 11.0. The standard InChI is InChI=1S/C18H25NOS/c1-15-5-3-4-6-18(15)17(13-19-10-11-20-2)8-7-16-9-12-21-14-16/h3-6,9,12,14,17,19H,7-8,10-11,13H2,1-2H3. The summed E-state index contributed by atoms with van der Waals surface area (Å²) in [4.78, 5) is 0. The van der Waals surface area contributed by atoms with Crippen LogP contribution in [0.5, 0.6) is 0 Å². The van der Waals surface area contributed by atoms with E-state index in [0.717, 1.165) is 26.1 Å². The number of thiophene rings is 1. The maximum absolute atomic E-state index is 5.11. The molecule has 1 aromatic carbocycles. The lowest BCUT2D eigenvalue weighted by Crippen LogP contribution is -2.25. The average Bonchev–Trinajstić information content (AvgIpc) is 3.01. The zero-order valence-corrected chi connectivity index (χ0v) is 13.8. The van der Waals surface area contributed by atoms with E-state index < -0.39 is 0 Å². The highest BCUT2D eigenvalue weighted by molar-refractivity contribution is 7.07. The van der Waals surface area contributed by atoms with E-state index >= 15 is 0 Å². The molecule has 1 unspecified atom stereocenters. The Morgan fingerprint density at radius 2 is 2.10 bits per heavy atom. The summed E-state index contributed by atoms with van der Waals surface area (Å²) in [6.07, 6.45) is 2.33. The number of aryl methyl sites for hydroxylation is 2. The van der Waals surface area contributed by atoms with Gasteiger partial charge in [-0.15, -0.1) is 0 Å². The van der Waals surface area contributed by atoms with Gasteiger partial charge in [0.15, 0.2) is 0 Å². The van der Waals surface area contributed by atoms with E-state index in [2.05, 4.69) is 53.3 Å². The van der Waals surface area contributed by atoms with E-state index in [4.69, 9.17) is 4.74 Å². The molecule has 0 radical (unpaired) electrons. The van der Waals surface area contributed by atoms with Gasteiger partial charge in [-0.1, -0.05) is 24.3 Å². The summed E-state index contributed by atoms with van der Waals surface area (Å²) >= 11 is 1.78. The molecule has 0 aliphatic rings. The van der Waals surface area contributed by atoms with Crippen molar-refractivity contribution in [3.05, 3.63) is 57.8 Å². The zero-order chi connectivity index (χ0) is 14.9. The number of methoxy groups -OCH3 is 1. The first-order valence-corrected chi connectivity index (χ1v) is 8.52. The van der Waals surface area contributed by atoms with Crippen LogP contribution in [0.1, 0.15) is 29.0 Å². The van der Waals surface area contributed by atoms with E-state index in [-0.39, 0.29) is 0 Å². The minimum atomic E-state index is 0.558. The Labute approximate surface area is 132 Å². The number of rotatable bonds is 9. The first kappa shape index (κ1) is 16.2. The minimum absolute atomic E-state index is 0.558. The molecular formula is C18H25NOS. The molecule has 0 bridgehead atoms. The van der Waals surface area contributed by atoms with Crippen LogP contribution in [0.25, 0.3) is 0 Å². The van der Waals surface area contributed by atoms with Gasteiger partial charge in [-0.3, -0.25) is 0 Å². The smallest absolute Gasteiger partial charge is 0.0587 e. The second-order valence-electron chi connectivity index (χ2n) is 5.42. The lowest BCUT2D eigenvalue weighted by atomic mass is 9.90. The predicted octanol–water partition coefficient (Wildman–Crippen LogP) is 4.01. The van der Waals surface area contributed by atoms with Gasteiger partial charge in [0.05, 0.1) is 6.61 Å². The average molecular weight is 303 g/mol. The monoisotopic (exact) mass is 303 g/mol. The second-order valence-corrected chi connectivity index (χ2v) is 6.20. The number of nitrogens with one attached hydrogen (secondary N) is 1. The molecule has 0 aliphatic carbocycles. The number of hydrogen-bond acceptors (Lipinski definition) is 3. The normalized spacial score (nSPS) is 12.5. The van der Waals surface area contributed by atoms with Crippen molar-refractivity contribution >= 4 is 11.3 Å². The van der Waals surface area contributed by atoms with Crippen molar-refractivity contribution in [3.8, 4) is 0 Å². The molecule has 2 aromatic rings. The highest BCUT2D eigenvalue weighted by Gasteiger charge is 2.13. The summed E-state index contributed by atoms with van der Waals surface area (Å²) in [7, 11) is 1.75. The van der Waals surface area contributed by atoms with Crippen molar-refractivity contribution in [2.75, 3.05) is 26.8 Å². The molecule has 21 heavy (non-hydrogen) atoms. The molecule has 0 saturated heterocycles. The van der Waals surface area contributed by atoms with E-state index in [1.165, 1.54) is 23.1 Å². The van der Waals surface area contributed by atoms with E-state index in [0.29, 0.717) is 5.92 Å². The Morgan fingerprint density at radius 3 is 2.81 bits per heavy atom. The third kappa shape index (κ3) is 5.27. The fourth-order valence-electron chi connectivity index (χ4n) is 2.64. The van der Waals surface area contributed by atoms with Crippen molar-refractivity contribution < 1.29 is 4.74 Å². The van der Waals surface area contributed by atoms with Gasteiger partial charge in [-0.2, -0.15) is 11.3 Å². The Hall–Kier alpha value is -1.16. The summed E-state index contributed by atoms with van der Waals surface area (Å²) < 4.78 is 5.11. The molecule has 1 atom stereocenters. The molecule has 0 fully saturated rings. The first-order chi connectivity index (χ1) is 10.3. The van der Waals surface area contributed by atoms with Gasteiger partial charge in [0.25, 0.3) is 0 Å². The van der Waals surface area contributed by atoms with E-state index in [1.807, 2.05) is 0 Å². The molecule has 0 spiro atoms. The van der Waals surface area contributed by atoms with Crippen LogP contribution < -0.4 is 5.32 Å². The molecule has 1 aromatic heterocycles. The van der Waals surface area contributed by atoms with Gasteiger partial charge in [-0.25, -0.2) is 0 Å². The Balaban J connectivity index is 1.97. The van der Waals surface area contributed by atoms with Crippen LogP contribution in [-0.4, -0.2) is 26.8 Å². The highest BCUT2D eigenvalue weighted by atomic mass is 32.1. The molecular weight excluding hydrogens is 278 g/mol. The van der Waals surface area contributed by atoms with Crippen LogP contribution in [0.15, 0.2) is 41.1 Å². The van der Waals surface area contributed by atoms with Gasteiger partial charge >= 0.3 is 0 Å². The molecule has 0 amide bonds. The Kier molecular flexibility index (Phi) is 6.93. The van der Waals surface area contributed by atoms with Gasteiger partial charge in [0.1, 0.15) is 0 Å². The lowest BCUT2D eigenvalue weighted by molar-refractivity contribution is 0.199. The van der Waals surface area contributed by atoms with Crippen molar-refractivity contribution in [1.82, 2.24) is 5.32 Å². The SMILES string of the molecule is COCCNCC(CCc1ccsc1)c1ccccc1C. The van der Waals surface area contributed by atoms with E-state index in [1.54, 1.807) is 18.4 Å². The van der Waals surface area contributed by atoms with Crippen molar-refractivity contribution in [1.29, 1.82) is 0 Å². The van der Waals surface area contributed by atoms with Crippen LogP contribution in [0.2, 0.25) is 0 Å². The Morgan fingerprint density at radius 1 is 1.24 bits per heavy atom. The van der Waals surface area contributed by atoms with Gasteiger partial charge in [0.2, 0.25) is 0 Å². The highest BCUT2D eigenvalue weighted by Crippen LogP contribution is 2.24. The van der Waals surface area contributed by atoms with Crippen LogP contribution in [-0.2, 0) is 11.2 Å². The molecule has 2 nitrogen and oxygen atoms in total. The van der Waals surface area contributed by atoms with Crippen LogP contribution in [0.3, 0.4) is 0 Å². The first-order valence-electron chi connectivity index (χ1n) is 7.57. The maximum atomic E-state index is 5.11.